The maximum absolute atomic E-state index is 14.4. The second-order valence-corrected chi connectivity index (χ2v) is 14.7. The number of amides is 4. The minimum atomic E-state index is -0.811. The van der Waals surface area contributed by atoms with Gasteiger partial charge in [-0.1, -0.05) is 113 Å². The molecule has 6 nitrogen and oxygen atoms in total. The Labute approximate surface area is 267 Å². The second-order valence-electron chi connectivity index (χ2n) is 14.7. The molecule has 3 aromatic rings. The minimum Gasteiger partial charge on any atom is -0.306 e. The summed E-state index contributed by atoms with van der Waals surface area (Å²) in [5.74, 6) is 0.408. The number of carbonyl (C=O) groups is 3. The monoisotopic (exact) mass is 603 g/mol. The highest BCUT2D eigenvalue weighted by atomic mass is 16.2. The standard InChI is InChI=1S/C39H45N3O3/c1-26(2)29-16-18-31-30(22-29)17-19-32-38(3,20-11-21-39(31,32)4)25-42-35(43)33-34(36(42)44)41(24-28-14-9-6-10-15-28)37(45)40(33)23-27-12-7-5-8-13-27/h5-10,12-16,18,22,26,32-34H,11,17,19-21,23-25H2,1-4H3/t32-,33-,34+,38-,39+/m1/s1. The molecule has 3 aromatic carbocycles. The van der Waals surface area contributed by atoms with Crippen LogP contribution in [-0.2, 0) is 34.5 Å². The first-order valence-electron chi connectivity index (χ1n) is 16.7. The lowest BCUT2D eigenvalue weighted by Gasteiger charge is -2.56. The molecule has 2 aliphatic heterocycles. The van der Waals surface area contributed by atoms with Gasteiger partial charge in [0.15, 0.2) is 0 Å². The number of carbonyl (C=O) groups excluding carboxylic acids is 3. The predicted molar refractivity (Wildman–Crippen MR) is 175 cm³/mol. The van der Waals surface area contributed by atoms with Gasteiger partial charge in [-0.2, -0.15) is 0 Å². The summed E-state index contributed by atoms with van der Waals surface area (Å²) in [6.07, 6.45) is 5.27. The molecule has 2 heterocycles. The molecule has 6 heteroatoms. The van der Waals surface area contributed by atoms with E-state index in [4.69, 9.17) is 0 Å². The molecule has 0 spiro atoms. The topological polar surface area (TPSA) is 60.9 Å². The van der Waals surface area contributed by atoms with Crippen molar-refractivity contribution in [1.29, 1.82) is 0 Å². The van der Waals surface area contributed by atoms with Crippen LogP contribution in [-0.4, -0.2) is 51.2 Å². The predicted octanol–water partition coefficient (Wildman–Crippen LogP) is 7.06. The van der Waals surface area contributed by atoms with E-state index >= 15 is 0 Å². The van der Waals surface area contributed by atoms with Gasteiger partial charge < -0.3 is 9.80 Å². The van der Waals surface area contributed by atoms with Crippen LogP contribution in [0.2, 0.25) is 0 Å². The van der Waals surface area contributed by atoms with Crippen LogP contribution in [0.15, 0.2) is 78.9 Å². The lowest BCUT2D eigenvalue weighted by Crippen LogP contribution is -2.55. The average molecular weight is 604 g/mol. The van der Waals surface area contributed by atoms with Gasteiger partial charge in [-0.05, 0) is 76.2 Å². The van der Waals surface area contributed by atoms with E-state index in [-0.39, 0.29) is 28.7 Å². The Kier molecular flexibility index (Phi) is 7.37. The van der Waals surface area contributed by atoms with Crippen LogP contribution >= 0.6 is 0 Å². The van der Waals surface area contributed by atoms with E-state index in [1.807, 2.05) is 60.7 Å². The molecule has 2 aliphatic carbocycles. The van der Waals surface area contributed by atoms with Gasteiger partial charge in [0.25, 0.3) is 11.8 Å². The summed E-state index contributed by atoms with van der Waals surface area (Å²) in [6, 6.07) is 24.7. The Bertz CT molecular complexity index is 1550. The molecule has 0 aromatic heterocycles. The Hall–Kier alpha value is -3.93. The molecule has 7 rings (SSSR count). The zero-order valence-corrected chi connectivity index (χ0v) is 27.0. The molecule has 0 N–H and O–H groups in total. The molecule has 5 atom stereocenters. The first kappa shape index (κ1) is 29.8. The largest absolute Gasteiger partial charge is 0.322 e. The third-order valence-corrected chi connectivity index (χ3v) is 11.6. The van der Waals surface area contributed by atoms with Crippen molar-refractivity contribution < 1.29 is 14.4 Å². The number of likely N-dealkylation sites (tertiary alicyclic amines) is 1. The highest BCUT2D eigenvalue weighted by molar-refractivity contribution is 6.13. The van der Waals surface area contributed by atoms with E-state index < -0.39 is 12.1 Å². The second kappa shape index (κ2) is 11.1. The number of aryl methyl sites for hydroxylation is 1. The smallest absolute Gasteiger partial charge is 0.306 e. The Morgan fingerprint density at radius 2 is 1.36 bits per heavy atom. The van der Waals surface area contributed by atoms with Crippen LogP contribution in [0.3, 0.4) is 0 Å². The summed E-state index contributed by atoms with van der Waals surface area (Å²) in [5.41, 5.74) is 6.01. The third-order valence-electron chi connectivity index (χ3n) is 11.6. The van der Waals surface area contributed by atoms with Gasteiger partial charge in [0.2, 0.25) is 0 Å². The van der Waals surface area contributed by atoms with Crippen molar-refractivity contribution in [3.8, 4) is 0 Å². The van der Waals surface area contributed by atoms with E-state index in [0.29, 0.717) is 31.5 Å². The first-order chi connectivity index (χ1) is 21.6. The maximum Gasteiger partial charge on any atom is 0.322 e. The highest BCUT2D eigenvalue weighted by Crippen LogP contribution is 2.58. The normalized spacial score (nSPS) is 29.3. The average Bonchev–Trinajstić information content (AvgIpc) is 3.43. The summed E-state index contributed by atoms with van der Waals surface area (Å²) in [4.78, 5) is 47.5. The number of fused-ring (bicyclic) bond motifs is 4. The molecular formula is C39H45N3O3. The van der Waals surface area contributed by atoms with Crippen LogP contribution in [0.5, 0.6) is 0 Å². The lowest BCUT2D eigenvalue weighted by atomic mass is 9.49. The molecule has 0 unspecified atom stereocenters. The van der Waals surface area contributed by atoms with E-state index in [1.54, 1.807) is 14.7 Å². The summed E-state index contributed by atoms with van der Waals surface area (Å²) in [5, 5.41) is 0. The zero-order chi connectivity index (χ0) is 31.5. The summed E-state index contributed by atoms with van der Waals surface area (Å²) in [6.45, 7) is 10.2. The van der Waals surface area contributed by atoms with Crippen LogP contribution < -0.4 is 0 Å². The molecule has 4 aliphatic rings. The van der Waals surface area contributed by atoms with Crippen LogP contribution in [0.25, 0.3) is 0 Å². The summed E-state index contributed by atoms with van der Waals surface area (Å²) < 4.78 is 0. The first-order valence-corrected chi connectivity index (χ1v) is 16.7. The molecule has 0 bridgehead atoms. The molecule has 1 saturated carbocycles. The number of benzene rings is 3. The minimum absolute atomic E-state index is 0.00639. The molecule has 0 radical (unpaired) electrons. The Morgan fingerprint density at radius 1 is 0.778 bits per heavy atom. The van der Waals surface area contributed by atoms with Crippen molar-refractivity contribution in [2.45, 2.75) is 96.3 Å². The van der Waals surface area contributed by atoms with E-state index in [0.717, 1.165) is 43.2 Å². The van der Waals surface area contributed by atoms with Gasteiger partial charge in [-0.3, -0.25) is 14.5 Å². The highest BCUT2D eigenvalue weighted by Gasteiger charge is 2.62. The van der Waals surface area contributed by atoms with Gasteiger partial charge in [-0.15, -0.1) is 0 Å². The molecule has 234 valence electrons. The number of hydrogen-bond donors (Lipinski definition) is 0. The van der Waals surface area contributed by atoms with E-state index in [9.17, 15) is 14.4 Å². The summed E-state index contributed by atoms with van der Waals surface area (Å²) >= 11 is 0. The van der Waals surface area contributed by atoms with Gasteiger partial charge in [0.1, 0.15) is 12.1 Å². The third kappa shape index (κ3) is 4.88. The number of rotatable bonds is 7. The van der Waals surface area contributed by atoms with Gasteiger partial charge in [-0.25, -0.2) is 4.79 Å². The fourth-order valence-electron chi connectivity index (χ4n) is 9.31. The van der Waals surface area contributed by atoms with Gasteiger partial charge >= 0.3 is 6.03 Å². The summed E-state index contributed by atoms with van der Waals surface area (Å²) in [7, 11) is 0. The number of imide groups is 1. The van der Waals surface area contributed by atoms with Crippen LogP contribution in [0.4, 0.5) is 4.79 Å². The molecule has 3 fully saturated rings. The van der Waals surface area contributed by atoms with Crippen molar-refractivity contribution in [2.75, 3.05) is 6.54 Å². The fraction of sp³-hybridized carbons (Fsp3) is 0.462. The number of urea groups is 1. The van der Waals surface area contributed by atoms with Crippen molar-refractivity contribution in [2.24, 2.45) is 11.3 Å². The lowest BCUT2D eigenvalue weighted by molar-refractivity contribution is -0.144. The fourth-order valence-corrected chi connectivity index (χ4v) is 9.31. The van der Waals surface area contributed by atoms with Crippen molar-refractivity contribution in [1.82, 2.24) is 14.7 Å². The van der Waals surface area contributed by atoms with Crippen LogP contribution in [0.1, 0.15) is 87.1 Å². The zero-order valence-electron chi connectivity index (χ0n) is 27.0. The molecule has 2 saturated heterocycles. The van der Waals surface area contributed by atoms with Crippen LogP contribution in [0, 0.1) is 11.3 Å². The van der Waals surface area contributed by atoms with Gasteiger partial charge in [0.05, 0.1) is 0 Å². The Balaban J connectivity index is 1.20. The van der Waals surface area contributed by atoms with Crippen molar-refractivity contribution in [3.05, 3.63) is 107 Å². The molecule has 45 heavy (non-hydrogen) atoms. The quantitative estimate of drug-likeness (QED) is 0.272. The number of nitrogens with zero attached hydrogens (tertiary/aromatic N) is 3. The molecular weight excluding hydrogens is 558 g/mol. The van der Waals surface area contributed by atoms with Crippen molar-refractivity contribution in [3.63, 3.8) is 0 Å². The molecule has 4 amide bonds. The Morgan fingerprint density at radius 3 is 1.91 bits per heavy atom. The SMILES string of the molecule is CC(C)c1ccc2c(c1)CC[C@@H]1[C@@](C)(CN3C(=O)[C@@H]4[C@H](C3=O)N(Cc3ccccc3)C(=O)N4Cc3ccccc3)CCC[C@@]21C. The van der Waals surface area contributed by atoms with Gasteiger partial charge in [0, 0.05) is 19.6 Å². The number of hydrogen-bond acceptors (Lipinski definition) is 3. The van der Waals surface area contributed by atoms with E-state index in [2.05, 4.69) is 45.9 Å². The van der Waals surface area contributed by atoms with E-state index in [1.165, 1.54) is 16.7 Å². The maximum atomic E-state index is 14.4. The van der Waals surface area contributed by atoms with Crippen molar-refractivity contribution >= 4 is 17.8 Å².